The van der Waals surface area contributed by atoms with Crippen LogP contribution >= 0.6 is 0 Å². The molecule has 0 radical (unpaired) electrons. The zero-order valence-corrected chi connectivity index (χ0v) is 20.3. The molecule has 0 saturated carbocycles. The molecule has 0 saturated heterocycles. The molecule has 0 fully saturated rings. The van der Waals surface area contributed by atoms with Crippen molar-refractivity contribution in [3.63, 3.8) is 0 Å². The lowest BCUT2D eigenvalue weighted by Gasteiger charge is -2.21. The largest absolute Gasteiger partial charge is 0.465 e. The second-order valence-electron chi connectivity index (χ2n) is 9.29. The molecule has 0 bridgehead atoms. The number of methoxy groups -OCH3 is 1. The van der Waals surface area contributed by atoms with Crippen molar-refractivity contribution in [2.45, 2.75) is 52.5 Å². The monoisotopic (exact) mass is 458 g/mol. The third-order valence-corrected chi connectivity index (χ3v) is 5.71. The van der Waals surface area contributed by atoms with E-state index in [1.165, 1.54) is 7.11 Å². The molecular weight excluding hydrogens is 428 g/mol. The van der Waals surface area contributed by atoms with E-state index in [4.69, 9.17) is 9.84 Å². The molecule has 34 heavy (non-hydrogen) atoms. The van der Waals surface area contributed by atoms with Crippen LogP contribution < -0.4 is 0 Å². The van der Waals surface area contributed by atoms with Crippen LogP contribution in [0.5, 0.6) is 0 Å². The molecule has 0 aliphatic rings. The Morgan fingerprint density at radius 1 is 1.06 bits per heavy atom. The van der Waals surface area contributed by atoms with Gasteiger partial charge in [-0.2, -0.15) is 10.3 Å². The minimum Gasteiger partial charge on any atom is -0.465 e. The number of rotatable bonds is 7. The van der Waals surface area contributed by atoms with E-state index in [1.54, 1.807) is 0 Å². The number of aromatic amines is 1. The Morgan fingerprint density at radius 2 is 1.76 bits per heavy atom. The second kappa shape index (κ2) is 9.59. The summed E-state index contributed by atoms with van der Waals surface area (Å²) >= 11 is 0. The number of aryl methyl sites for hydroxylation is 1. The van der Waals surface area contributed by atoms with Crippen LogP contribution in [0.2, 0.25) is 0 Å². The highest BCUT2D eigenvalue weighted by Crippen LogP contribution is 2.32. The normalized spacial score (nSPS) is 11.6. The molecule has 0 aliphatic heterocycles. The van der Waals surface area contributed by atoms with Crippen molar-refractivity contribution in [2.75, 3.05) is 7.11 Å². The highest BCUT2D eigenvalue weighted by atomic mass is 16.5. The average Bonchev–Trinajstić information content (AvgIpc) is 3.48. The summed E-state index contributed by atoms with van der Waals surface area (Å²) < 4.78 is 7.13. The maximum absolute atomic E-state index is 12.8. The van der Waals surface area contributed by atoms with Crippen molar-refractivity contribution in [3.8, 4) is 22.5 Å². The number of nitrogens with zero attached hydrogens (tertiary/aromatic N) is 5. The smallest absolute Gasteiger partial charge is 0.341 e. The van der Waals surface area contributed by atoms with Gasteiger partial charge in [-0.3, -0.25) is 4.68 Å². The Bertz CT molecular complexity index is 1270. The molecule has 0 atom stereocenters. The SMILES string of the molecule is CCCn1nc(Cc2ccc(-c3ccccc3-c3nn[nH]n3)cc2)c(C(=O)OC)c1C(C)(C)C. The number of esters is 1. The fourth-order valence-corrected chi connectivity index (χ4v) is 4.29. The number of benzene rings is 2. The molecule has 2 aromatic carbocycles. The van der Waals surface area contributed by atoms with Gasteiger partial charge in [0.15, 0.2) is 0 Å². The molecule has 8 heteroatoms. The van der Waals surface area contributed by atoms with E-state index in [1.807, 2.05) is 28.9 Å². The predicted octanol–water partition coefficient (Wildman–Crippen LogP) is 4.82. The fourth-order valence-electron chi connectivity index (χ4n) is 4.29. The third kappa shape index (κ3) is 4.62. The maximum atomic E-state index is 12.8. The first-order valence-electron chi connectivity index (χ1n) is 11.4. The van der Waals surface area contributed by atoms with E-state index >= 15 is 0 Å². The number of aromatic nitrogens is 6. The first kappa shape index (κ1) is 23.4. The summed E-state index contributed by atoms with van der Waals surface area (Å²) in [6, 6.07) is 16.2. The topological polar surface area (TPSA) is 98.6 Å². The van der Waals surface area contributed by atoms with Gasteiger partial charge in [0.05, 0.1) is 18.5 Å². The molecule has 1 N–H and O–H groups in total. The van der Waals surface area contributed by atoms with Crippen LogP contribution in [0.3, 0.4) is 0 Å². The number of hydrogen-bond donors (Lipinski definition) is 1. The number of tetrazole rings is 1. The molecule has 0 unspecified atom stereocenters. The number of ether oxygens (including phenoxy) is 1. The molecule has 0 amide bonds. The van der Waals surface area contributed by atoms with Gasteiger partial charge in [0, 0.05) is 23.9 Å². The summed E-state index contributed by atoms with van der Waals surface area (Å²) in [7, 11) is 1.42. The van der Waals surface area contributed by atoms with Crippen LogP contribution in [0.4, 0.5) is 0 Å². The van der Waals surface area contributed by atoms with Crippen molar-refractivity contribution in [3.05, 3.63) is 71.0 Å². The summed E-state index contributed by atoms with van der Waals surface area (Å²) in [4.78, 5) is 12.8. The van der Waals surface area contributed by atoms with Crippen LogP contribution in [-0.4, -0.2) is 43.5 Å². The van der Waals surface area contributed by atoms with Crippen molar-refractivity contribution < 1.29 is 9.53 Å². The first-order chi connectivity index (χ1) is 16.3. The van der Waals surface area contributed by atoms with Crippen molar-refractivity contribution in [2.24, 2.45) is 0 Å². The molecule has 8 nitrogen and oxygen atoms in total. The lowest BCUT2D eigenvalue weighted by molar-refractivity contribution is 0.0596. The van der Waals surface area contributed by atoms with Crippen molar-refractivity contribution in [1.29, 1.82) is 0 Å². The lowest BCUT2D eigenvalue weighted by Crippen LogP contribution is -2.22. The van der Waals surface area contributed by atoms with Gasteiger partial charge in [-0.25, -0.2) is 4.79 Å². The van der Waals surface area contributed by atoms with Crippen LogP contribution in [0.25, 0.3) is 22.5 Å². The van der Waals surface area contributed by atoms with Gasteiger partial charge in [-0.1, -0.05) is 76.2 Å². The Morgan fingerprint density at radius 3 is 2.35 bits per heavy atom. The van der Waals surface area contributed by atoms with Crippen LogP contribution in [-0.2, 0) is 23.1 Å². The van der Waals surface area contributed by atoms with Gasteiger partial charge in [0.2, 0.25) is 5.82 Å². The van der Waals surface area contributed by atoms with Crippen molar-refractivity contribution in [1.82, 2.24) is 30.4 Å². The maximum Gasteiger partial charge on any atom is 0.341 e. The van der Waals surface area contributed by atoms with Crippen LogP contribution in [0.15, 0.2) is 48.5 Å². The molecular formula is C26H30N6O2. The molecule has 0 aliphatic carbocycles. The molecule has 0 spiro atoms. The highest BCUT2D eigenvalue weighted by molar-refractivity contribution is 5.92. The summed E-state index contributed by atoms with van der Waals surface area (Å²) in [5.74, 6) is 0.214. The molecule has 4 rings (SSSR count). The van der Waals surface area contributed by atoms with Gasteiger partial charge in [0.25, 0.3) is 0 Å². The quantitative estimate of drug-likeness (QED) is 0.399. The highest BCUT2D eigenvalue weighted by Gasteiger charge is 2.31. The van der Waals surface area contributed by atoms with Crippen LogP contribution in [0, 0.1) is 0 Å². The zero-order valence-electron chi connectivity index (χ0n) is 20.3. The van der Waals surface area contributed by atoms with E-state index < -0.39 is 0 Å². The minimum atomic E-state index is -0.340. The van der Waals surface area contributed by atoms with E-state index in [0.29, 0.717) is 17.8 Å². The average molecular weight is 459 g/mol. The van der Waals surface area contributed by atoms with E-state index in [2.05, 4.69) is 72.6 Å². The summed E-state index contributed by atoms with van der Waals surface area (Å²) in [6.45, 7) is 9.16. The number of hydrogen-bond acceptors (Lipinski definition) is 6. The van der Waals surface area contributed by atoms with Gasteiger partial charge >= 0.3 is 5.97 Å². The molecule has 4 aromatic rings. The van der Waals surface area contributed by atoms with E-state index in [0.717, 1.165) is 46.6 Å². The molecule has 176 valence electrons. The summed E-state index contributed by atoms with van der Waals surface area (Å²) in [6.07, 6.45) is 1.47. The standard InChI is InChI=1S/C26H30N6O2/c1-6-15-32-23(26(2,3)4)22(25(33)34-5)21(29-32)16-17-11-13-18(14-12-17)19-9-7-8-10-20(19)24-27-30-31-28-24/h7-14H,6,15-16H2,1-5H3,(H,27,28,30,31). The second-order valence-corrected chi connectivity index (χ2v) is 9.29. The molecule has 2 heterocycles. The first-order valence-corrected chi connectivity index (χ1v) is 11.4. The van der Waals surface area contributed by atoms with Gasteiger partial charge < -0.3 is 4.74 Å². The Hall–Kier alpha value is -3.81. The van der Waals surface area contributed by atoms with Gasteiger partial charge in [-0.15, -0.1) is 10.2 Å². The Balaban J connectivity index is 1.70. The number of carbonyl (C=O) groups is 1. The Kier molecular flexibility index (Phi) is 6.58. The number of nitrogens with one attached hydrogen (secondary N) is 1. The van der Waals surface area contributed by atoms with Gasteiger partial charge in [-0.05, 0) is 28.3 Å². The van der Waals surface area contributed by atoms with Gasteiger partial charge in [0.1, 0.15) is 5.56 Å². The minimum absolute atomic E-state index is 0.243. The van der Waals surface area contributed by atoms with Crippen molar-refractivity contribution >= 4 is 5.97 Å². The van der Waals surface area contributed by atoms with Crippen LogP contribution in [0.1, 0.15) is 61.4 Å². The van der Waals surface area contributed by atoms with E-state index in [9.17, 15) is 4.79 Å². The predicted molar refractivity (Wildman–Crippen MR) is 130 cm³/mol. The summed E-state index contributed by atoms with van der Waals surface area (Å²) in [5, 5.41) is 19.3. The fraction of sp³-hybridized carbons (Fsp3) is 0.346. The third-order valence-electron chi connectivity index (χ3n) is 5.71. The number of carbonyl (C=O) groups excluding carboxylic acids is 1. The Labute approximate surface area is 199 Å². The zero-order chi connectivity index (χ0) is 24.3. The number of H-pyrrole nitrogens is 1. The summed E-state index contributed by atoms with van der Waals surface area (Å²) in [5.41, 5.74) is 6.03. The molecule has 2 aromatic heterocycles. The van der Waals surface area contributed by atoms with E-state index in [-0.39, 0.29) is 11.4 Å². The lowest BCUT2D eigenvalue weighted by atomic mass is 9.87.